The summed E-state index contributed by atoms with van der Waals surface area (Å²) in [4.78, 5) is 13.5. The van der Waals surface area contributed by atoms with Gasteiger partial charge in [0.05, 0.1) is 29.1 Å². The van der Waals surface area contributed by atoms with Crippen LogP contribution in [0.25, 0.3) is 21.3 Å². The smallest absolute Gasteiger partial charge is 0.134 e. The minimum atomic E-state index is -1.34. The van der Waals surface area contributed by atoms with Crippen LogP contribution in [0.1, 0.15) is 18.5 Å². The number of carbonyl (C=O) groups excluding carboxylic acids is 1. The molecule has 1 amide bonds. The number of ether oxygens (including phenoxy) is 1. The van der Waals surface area contributed by atoms with Crippen molar-refractivity contribution in [2.24, 2.45) is 5.11 Å². The van der Waals surface area contributed by atoms with E-state index in [0.717, 1.165) is 16.5 Å². The van der Waals surface area contributed by atoms with Gasteiger partial charge in [-0.1, -0.05) is 21.0 Å². The summed E-state index contributed by atoms with van der Waals surface area (Å²) in [5.74, 6) is 0.637. The molecule has 0 aliphatic carbocycles. The molecule has 3 rings (SSSR count). The zero-order valence-electron chi connectivity index (χ0n) is 12.7. The second-order valence-corrected chi connectivity index (χ2v) is 6.73. The van der Waals surface area contributed by atoms with Crippen LogP contribution < -0.4 is 15.2 Å². The van der Waals surface area contributed by atoms with E-state index in [9.17, 15) is 9.90 Å². The number of aromatic nitrogens is 2. The Labute approximate surface area is 145 Å². The number of benzene rings is 1. The van der Waals surface area contributed by atoms with Crippen LogP contribution in [0.5, 0.6) is 5.75 Å². The number of azide groups is 1. The Hall–Kier alpha value is -2.45. The molecule has 24 heavy (non-hydrogen) atoms. The highest BCUT2D eigenvalue weighted by molar-refractivity contribution is 9.09. The first-order valence-corrected chi connectivity index (χ1v) is 8.20. The summed E-state index contributed by atoms with van der Waals surface area (Å²) in [6.07, 6.45) is 0.351. The standard InChI is InChI=1S/C14H15BrN6O3/c1-7(18-14(22)23)5-21-13-8(4-17-21)2-3-10-11(13)12(19-20-16)9(15)6-24-10/h2-4,7,9,12,18H,5-6H2,1H3,(H,22,23)/p-1. The van der Waals surface area contributed by atoms with Gasteiger partial charge in [0, 0.05) is 21.9 Å². The summed E-state index contributed by atoms with van der Waals surface area (Å²) in [6, 6.07) is 2.86. The molecule has 3 unspecified atom stereocenters. The quantitative estimate of drug-likeness (QED) is 0.367. The molecule has 1 N–H and O–H groups in total. The molecule has 10 heteroatoms. The summed E-state index contributed by atoms with van der Waals surface area (Å²) < 4.78 is 7.41. The largest absolute Gasteiger partial charge is 0.530 e. The number of carboxylic acid groups (broad SMARTS) is 1. The predicted molar refractivity (Wildman–Crippen MR) is 87.8 cm³/mol. The highest BCUT2D eigenvalue weighted by Crippen LogP contribution is 2.42. The Morgan fingerprint density at radius 2 is 2.50 bits per heavy atom. The predicted octanol–water partition coefficient (Wildman–Crippen LogP) is 1.86. The highest BCUT2D eigenvalue weighted by Gasteiger charge is 2.31. The van der Waals surface area contributed by atoms with Crippen LogP contribution in [0.4, 0.5) is 4.79 Å². The van der Waals surface area contributed by atoms with E-state index >= 15 is 0 Å². The fourth-order valence-corrected chi connectivity index (χ4v) is 3.37. The third-order valence-corrected chi connectivity index (χ3v) is 4.59. The lowest BCUT2D eigenvalue weighted by molar-refractivity contribution is -0.251. The van der Waals surface area contributed by atoms with Crippen molar-refractivity contribution >= 4 is 32.9 Å². The lowest BCUT2D eigenvalue weighted by Crippen LogP contribution is -2.43. The van der Waals surface area contributed by atoms with Crippen LogP contribution in [-0.2, 0) is 6.54 Å². The SMILES string of the molecule is CC(Cn1ncc2ccc3c(c21)C(N=[N+]=[N-])C(Br)CO3)NC(=O)[O-]. The van der Waals surface area contributed by atoms with Crippen molar-refractivity contribution in [3.05, 3.63) is 34.3 Å². The number of hydrogen-bond donors (Lipinski definition) is 1. The molecular formula is C14H14BrN6O3-. The number of nitrogens with one attached hydrogen (secondary N) is 1. The van der Waals surface area contributed by atoms with Crippen LogP contribution in [0, 0.1) is 0 Å². The van der Waals surface area contributed by atoms with Gasteiger partial charge in [-0.2, -0.15) is 5.10 Å². The Balaban J connectivity index is 2.10. The van der Waals surface area contributed by atoms with E-state index in [1.807, 2.05) is 12.1 Å². The maximum atomic E-state index is 10.7. The van der Waals surface area contributed by atoms with E-state index in [2.05, 4.69) is 36.4 Å². The number of hydrogen-bond acceptors (Lipinski definition) is 5. The minimum absolute atomic E-state index is 0.159. The highest BCUT2D eigenvalue weighted by atomic mass is 79.9. The first-order valence-electron chi connectivity index (χ1n) is 7.28. The van der Waals surface area contributed by atoms with Crippen LogP contribution in [0.2, 0.25) is 0 Å². The molecule has 3 atom stereocenters. The second-order valence-electron chi connectivity index (χ2n) is 5.55. The van der Waals surface area contributed by atoms with Crippen molar-refractivity contribution in [2.45, 2.75) is 30.4 Å². The number of alkyl halides is 1. The third kappa shape index (κ3) is 2.98. The molecule has 2 aromatic rings. The van der Waals surface area contributed by atoms with Crippen molar-refractivity contribution in [3.63, 3.8) is 0 Å². The average molecular weight is 394 g/mol. The maximum absolute atomic E-state index is 10.7. The summed E-state index contributed by atoms with van der Waals surface area (Å²) in [5, 5.41) is 22.1. The maximum Gasteiger partial charge on any atom is 0.134 e. The number of amides is 1. The molecule has 0 fully saturated rings. The molecule has 0 saturated carbocycles. The van der Waals surface area contributed by atoms with Gasteiger partial charge in [0.1, 0.15) is 18.4 Å². The van der Waals surface area contributed by atoms with Gasteiger partial charge in [0.15, 0.2) is 0 Å². The Kier molecular flexibility index (Phi) is 4.50. The van der Waals surface area contributed by atoms with Crippen molar-refractivity contribution < 1.29 is 14.6 Å². The Bertz CT molecular complexity index is 831. The Morgan fingerprint density at radius 1 is 1.71 bits per heavy atom. The molecule has 1 aromatic carbocycles. The van der Waals surface area contributed by atoms with Crippen molar-refractivity contribution in [3.8, 4) is 5.75 Å². The molecule has 1 aliphatic rings. The molecular weight excluding hydrogens is 380 g/mol. The fourth-order valence-electron chi connectivity index (χ4n) is 2.87. The van der Waals surface area contributed by atoms with Crippen LogP contribution in [-0.4, -0.2) is 33.3 Å². The van der Waals surface area contributed by atoms with Crippen molar-refractivity contribution in [2.75, 3.05) is 6.61 Å². The van der Waals surface area contributed by atoms with E-state index < -0.39 is 18.2 Å². The lowest BCUT2D eigenvalue weighted by atomic mass is 9.98. The molecule has 2 heterocycles. The molecule has 0 saturated heterocycles. The van der Waals surface area contributed by atoms with Gasteiger partial charge >= 0.3 is 0 Å². The van der Waals surface area contributed by atoms with Crippen molar-refractivity contribution in [1.82, 2.24) is 15.1 Å². The molecule has 0 radical (unpaired) electrons. The summed E-state index contributed by atoms with van der Waals surface area (Å²) >= 11 is 3.49. The zero-order valence-corrected chi connectivity index (χ0v) is 14.3. The van der Waals surface area contributed by atoms with Gasteiger partial charge in [0.2, 0.25) is 0 Å². The first kappa shape index (κ1) is 16.4. The van der Waals surface area contributed by atoms with Crippen LogP contribution in [0.3, 0.4) is 0 Å². The lowest BCUT2D eigenvalue weighted by Gasteiger charge is -2.28. The van der Waals surface area contributed by atoms with Gasteiger partial charge in [-0.05, 0) is 24.6 Å². The van der Waals surface area contributed by atoms with Gasteiger partial charge in [-0.15, -0.1) is 0 Å². The van der Waals surface area contributed by atoms with E-state index in [4.69, 9.17) is 10.3 Å². The molecule has 1 aliphatic heterocycles. The fraction of sp³-hybridized carbons (Fsp3) is 0.429. The van der Waals surface area contributed by atoms with Gasteiger partial charge in [-0.25, -0.2) is 0 Å². The molecule has 1 aromatic heterocycles. The number of fused-ring (bicyclic) bond motifs is 3. The van der Waals surface area contributed by atoms with E-state index in [-0.39, 0.29) is 4.83 Å². The average Bonchev–Trinajstić information content (AvgIpc) is 2.92. The summed E-state index contributed by atoms with van der Waals surface area (Å²) in [7, 11) is 0. The zero-order chi connectivity index (χ0) is 17.3. The minimum Gasteiger partial charge on any atom is -0.530 e. The number of halogens is 1. The van der Waals surface area contributed by atoms with Crippen LogP contribution in [0.15, 0.2) is 23.4 Å². The van der Waals surface area contributed by atoms with Crippen molar-refractivity contribution in [1.29, 1.82) is 0 Å². The summed E-state index contributed by atoms with van der Waals surface area (Å²) in [6.45, 7) is 2.41. The molecule has 126 valence electrons. The van der Waals surface area contributed by atoms with E-state index in [0.29, 0.717) is 18.9 Å². The number of carbonyl (C=O) groups is 1. The van der Waals surface area contributed by atoms with E-state index in [1.54, 1.807) is 17.8 Å². The van der Waals surface area contributed by atoms with Gasteiger partial charge < -0.3 is 20.0 Å². The van der Waals surface area contributed by atoms with Gasteiger partial charge in [0.25, 0.3) is 0 Å². The molecule has 0 spiro atoms. The van der Waals surface area contributed by atoms with Crippen LogP contribution >= 0.6 is 15.9 Å². The van der Waals surface area contributed by atoms with Gasteiger partial charge in [-0.3, -0.25) is 4.68 Å². The number of rotatable bonds is 4. The summed E-state index contributed by atoms with van der Waals surface area (Å²) in [5.41, 5.74) is 10.4. The van der Waals surface area contributed by atoms with E-state index in [1.165, 1.54) is 0 Å². The third-order valence-electron chi connectivity index (χ3n) is 3.83. The monoisotopic (exact) mass is 393 g/mol. The normalized spacial score (nSPS) is 20.6. The molecule has 9 nitrogen and oxygen atoms in total. The topological polar surface area (TPSA) is 128 Å². The Morgan fingerprint density at radius 3 is 3.21 bits per heavy atom. The second kappa shape index (κ2) is 6.58. The first-order chi connectivity index (χ1) is 11.5. The number of nitrogens with zero attached hydrogens (tertiary/aromatic N) is 5. The molecule has 0 bridgehead atoms.